The maximum absolute atomic E-state index is 12.5. The maximum atomic E-state index is 12.5. The average Bonchev–Trinajstić information content (AvgIpc) is 2.72. The molecule has 5 nitrogen and oxygen atoms in total. The summed E-state index contributed by atoms with van der Waals surface area (Å²) < 4.78 is 5.35. The third-order valence-corrected chi connectivity index (χ3v) is 4.76. The fraction of sp³-hybridized carbons (Fsp3) is 0.217. The van der Waals surface area contributed by atoms with Gasteiger partial charge in [-0.1, -0.05) is 30.3 Å². The number of hydrogen-bond donors (Lipinski definition) is 2. The summed E-state index contributed by atoms with van der Waals surface area (Å²) in [6.45, 7) is 4.66. The van der Waals surface area contributed by atoms with Crippen LogP contribution in [0.5, 0.6) is 5.75 Å². The number of rotatable bonds is 7. The van der Waals surface area contributed by atoms with Gasteiger partial charge in [0.05, 0.1) is 24.6 Å². The fourth-order valence-electron chi connectivity index (χ4n) is 3.00. The fourth-order valence-corrected chi connectivity index (χ4v) is 3.00. The van der Waals surface area contributed by atoms with E-state index in [4.69, 9.17) is 4.74 Å². The Morgan fingerprint density at radius 1 is 1.07 bits per heavy atom. The molecule has 5 heteroatoms. The number of para-hydroxylation sites is 1. The lowest BCUT2D eigenvalue weighted by atomic mass is 10.1. The van der Waals surface area contributed by atoms with E-state index in [1.165, 1.54) is 11.1 Å². The Morgan fingerprint density at radius 3 is 2.71 bits per heavy atom. The van der Waals surface area contributed by atoms with Crippen molar-refractivity contribution >= 4 is 17.3 Å². The van der Waals surface area contributed by atoms with Crippen molar-refractivity contribution in [3.8, 4) is 5.75 Å². The molecule has 0 aliphatic carbocycles. The van der Waals surface area contributed by atoms with E-state index in [0.29, 0.717) is 18.5 Å². The van der Waals surface area contributed by atoms with Gasteiger partial charge in [-0.3, -0.25) is 9.78 Å². The van der Waals surface area contributed by atoms with E-state index < -0.39 is 0 Å². The summed E-state index contributed by atoms with van der Waals surface area (Å²) in [7, 11) is 1.65. The van der Waals surface area contributed by atoms with Gasteiger partial charge < -0.3 is 15.4 Å². The molecule has 1 amide bonds. The van der Waals surface area contributed by atoms with E-state index in [0.717, 1.165) is 22.7 Å². The van der Waals surface area contributed by atoms with E-state index in [1.807, 2.05) is 42.5 Å². The summed E-state index contributed by atoms with van der Waals surface area (Å²) >= 11 is 0. The molecule has 1 heterocycles. The van der Waals surface area contributed by atoms with Gasteiger partial charge in [-0.05, 0) is 55.2 Å². The molecular formula is C23H25N3O2. The van der Waals surface area contributed by atoms with E-state index in [1.54, 1.807) is 19.5 Å². The highest BCUT2D eigenvalue weighted by atomic mass is 16.5. The van der Waals surface area contributed by atoms with Crippen LogP contribution in [-0.4, -0.2) is 24.5 Å². The molecule has 0 saturated carbocycles. The molecule has 0 aliphatic rings. The van der Waals surface area contributed by atoms with Gasteiger partial charge in [0, 0.05) is 18.4 Å². The molecule has 0 bridgehead atoms. The molecule has 0 saturated heterocycles. The van der Waals surface area contributed by atoms with Crippen LogP contribution < -0.4 is 15.4 Å². The van der Waals surface area contributed by atoms with Crippen LogP contribution in [0.25, 0.3) is 0 Å². The van der Waals surface area contributed by atoms with Gasteiger partial charge in [0.2, 0.25) is 0 Å². The quantitative estimate of drug-likeness (QED) is 0.641. The third-order valence-electron chi connectivity index (χ3n) is 4.76. The number of amides is 1. The maximum Gasteiger partial charge on any atom is 0.252 e. The Labute approximate surface area is 165 Å². The third kappa shape index (κ3) is 4.68. The first-order valence-corrected chi connectivity index (χ1v) is 9.27. The molecule has 3 rings (SSSR count). The molecule has 2 N–H and O–H groups in total. The highest BCUT2D eigenvalue weighted by Gasteiger charge is 2.09. The van der Waals surface area contributed by atoms with Crippen LogP contribution in [0, 0.1) is 13.8 Å². The number of methoxy groups -OCH3 is 1. The molecule has 0 spiro atoms. The van der Waals surface area contributed by atoms with E-state index in [2.05, 4.69) is 35.5 Å². The number of nitrogens with zero attached hydrogens (tertiary/aromatic N) is 1. The summed E-state index contributed by atoms with van der Waals surface area (Å²) in [5.41, 5.74) is 5.77. The van der Waals surface area contributed by atoms with Crippen LogP contribution in [0.3, 0.4) is 0 Å². The first-order valence-electron chi connectivity index (χ1n) is 9.27. The van der Waals surface area contributed by atoms with Crippen molar-refractivity contribution in [3.05, 3.63) is 83.2 Å². The van der Waals surface area contributed by atoms with Crippen molar-refractivity contribution in [2.45, 2.75) is 20.3 Å². The zero-order valence-electron chi connectivity index (χ0n) is 16.5. The van der Waals surface area contributed by atoms with Gasteiger partial charge in [0.1, 0.15) is 5.75 Å². The number of hydrogen-bond acceptors (Lipinski definition) is 4. The molecule has 144 valence electrons. The number of ether oxygens (including phenoxy) is 1. The molecule has 0 unspecified atom stereocenters. The number of anilines is 2. The van der Waals surface area contributed by atoms with Crippen molar-refractivity contribution in [1.29, 1.82) is 0 Å². The number of pyridine rings is 1. The highest BCUT2D eigenvalue weighted by molar-refractivity contribution is 5.94. The lowest BCUT2D eigenvalue weighted by Gasteiger charge is -2.12. The number of nitrogens with one attached hydrogen (secondary N) is 2. The minimum atomic E-state index is -0.146. The Morgan fingerprint density at radius 2 is 1.89 bits per heavy atom. The lowest BCUT2D eigenvalue weighted by molar-refractivity contribution is 0.0953. The molecule has 0 radical (unpaired) electrons. The topological polar surface area (TPSA) is 63.2 Å². The second kappa shape index (κ2) is 9.04. The minimum absolute atomic E-state index is 0.146. The van der Waals surface area contributed by atoms with Crippen molar-refractivity contribution in [3.63, 3.8) is 0 Å². The van der Waals surface area contributed by atoms with Gasteiger partial charge in [0.25, 0.3) is 5.91 Å². The van der Waals surface area contributed by atoms with E-state index in [9.17, 15) is 4.79 Å². The summed E-state index contributed by atoms with van der Waals surface area (Å²) in [5.74, 6) is 0.685. The Bertz CT molecular complexity index is 970. The van der Waals surface area contributed by atoms with Crippen LogP contribution in [0.15, 0.2) is 60.9 Å². The summed E-state index contributed by atoms with van der Waals surface area (Å²) in [4.78, 5) is 16.7. The Kier molecular flexibility index (Phi) is 6.27. The van der Waals surface area contributed by atoms with Gasteiger partial charge in [-0.25, -0.2) is 0 Å². The summed E-state index contributed by atoms with van der Waals surface area (Å²) in [5, 5.41) is 6.29. The molecule has 0 aliphatic heterocycles. The molecule has 0 atom stereocenters. The van der Waals surface area contributed by atoms with Gasteiger partial charge in [-0.2, -0.15) is 0 Å². The van der Waals surface area contributed by atoms with Crippen LogP contribution in [0.2, 0.25) is 0 Å². The van der Waals surface area contributed by atoms with Gasteiger partial charge in [-0.15, -0.1) is 0 Å². The predicted octanol–water partition coefficient (Wildman–Crippen LogP) is 4.42. The number of aromatic nitrogens is 1. The molecule has 2 aromatic carbocycles. The number of carbonyl (C=O) groups excluding carboxylic acids is 1. The SMILES string of the molecule is COc1ccccc1CCNC(=O)c1cncc(Nc2cccc(C)c2C)c1. The smallest absolute Gasteiger partial charge is 0.252 e. The zero-order valence-corrected chi connectivity index (χ0v) is 16.5. The second-order valence-corrected chi connectivity index (χ2v) is 6.65. The van der Waals surface area contributed by atoms with Crippen LogP contribution in [-0.2, 0) is 6.42 Å². The van der Waals surface area contributed by atoms with Crippen LogP contribution in [0.4, 0.5) is 11.4 Å². The van der Waals surface area contributed by atoms with Crippen LogP contribution >= 0.6 is 0 Å². The number of benzene rings is 2. The molecule has 28 heavy (non-hydrogen) atoms. The largest absolute Gasteiger partial charge is 0.496 e. The normalized spacial score (nSPS) is 10.4. The number of carbonyl (C=O) groups is 1. The number of aryl methyl sites for hydroxylation is 1. The van der Waals surface area contributed by atoms with Crippen LogP contribution in [0.1, 0.15) is 27.0 Å². The first-order chi connectivity index (χ1) is 13.6. The predicted molar refractivity (Wildman–Crippen MR) is 112 cm³/mol. The average molecular weight is 375 g/mol. The summed E-state index contributed by atoms with van der Waals surface area (Å²) in [6, 6.07) is 15.7. The van der Waals surface area contributed by atoms with Crippen molar-refractivity contribution in [2.75, 3.05) is 19.0 Å². The van der Waals surface area contributed by atoms with E-state index >= 15 is 0 Å². The van der Waals surface area contributed by atoms with Crippen molar-refractivity contribution < 1.29 is 9.53 Å². The Balaban J connectivity index is 1.63. The molecule has 3 aromatic rings. The second-order valence-electron chi connectivity index (χ2n) is 6.65. The van der Waals surface area contributed by atoms with Gasteiger partial charge >= 0.3 is 0 Å². The molecule has 0 fully saturated rings. The van der Waals surface area contributed by atoms with Crippen molar-refractivity contribution in [2.24, 2.45) is 0 Å². The van der Waals surface area contributed by atoms with Gasteiger partial charge in [0.15, 0.2) is 0 Å². The minimum Gasteiger partial charge on any atom is -0.496 e. The standard InChI is InChI=1S/C23H25N3O2/c1-16-7-6-9-21(17(16)2)26-20-13-19(14-24-15-20)23(27)25-12-11-18-8-4-5-10-22(18)28-3/h4-10,13-15,26H,11-12H2,1-3H3,(H,25,27). The zero-order chi connectivity index (χ0) is 19.9. The Hall–Kier alpha value is -3.34. The monoisotopic (exact) mass is 375 g/mol. The first kappa shape index (κ1) is 19.4. The lowest BCUT2D eigenvalue weighted by Crippen LogP contribution is -2.26. The molecular weight excluding hydrogens is 350 g/mol. The highest BCUT2D eigenvalue weighted by Crippen LogP contribution is 2.23. The van der Waals surface area contributed by atoms with E-state index in [-0.39, 0.29) is 5.91 Å². The summed E-state index contributed by atoms with van der Waals surface area (Å²) in [6.07, 6.45) is 3.99. The van der Waals surface area contributed by atoms with Crippen molar-refractivity contribution in [1.82, 2.24) is 10.3 Å². The molecule has 1 aromatic heterocycles.